The maximum atomic E-state index is 13.3. The molecule has 2 unspecified atom stereocenters. The molecule has 2 aromatic rings. The van der Waals surface area contributed by atoms with Crippen LogP contribution in [0.15, 0.2) is 36.4 Å². The van der Waals surface area contributed by atoms with Crippen molar-refractivity contribution in [1.82, 2.24) is 0 Å². The normalized spacial score (nSPS) is 19.9. The van der Waals surface area contributed by atoms with Gasteiger partial charge in [-0.15, -0.1) is 0 Å². The predicted molar refractivity (Wildman–Crippen MR) is 87.2 cm³/mol. The van der Waals surface area contributed by atoms with Gasteiger partial charge in [0.15, 0.2) is 0 Å². The summed E-state index contributed by atoms with van der Waals surface area (Å²) in [5.41, 5.74) is 1.25. The van der Waals surface area contributed by atoms with Gasteiger partial charge in [0.05, 0.1) is 0 Å². The third kappa shape index (κ3) is 3.55. The van der Waals surface area contributed by atoms with Crippen LogP contribution >= 0.6 is 23.2 Å². The number of hydrogen-bond acceptors (Lipinski definition) is 2. The fourth-order valence-corrected chi connectivity index (χ4v) is 3.22. The van der Waals surface area contributed by atoms with Gasteiger partial charge in [0.25, 0.3) is 0 Å². The number of carboxylic acids is 1. The van der Waals surface area contributed by atoms with E-state index in [-0.39, 0.29) is 17.2 Å². The van der Waals surface area contributed by atoms with E-state index in [2.05, 4.69) is 0 Å². The Morgan fingerprint density at radius 2 is 1.76 bits per heavy atom. The summed E-state index contributed by atoms with van der Waals surface area (Å²) in [6, 6.07) is 9.35. The maximum absolute atomic E-state index is 13.3. The molecular weight excluding hydrogens is 380 g/mol. The average molecular weight is 391 g/mol. The summed E-state index contributed by atoms with van der Waals surface area (Å²) >= 11 is 11.9. The van der Waals surface area contributed by atoms with Crippen molar-refractivity contribution in [1.29, 1.82) is 0 Å². The van der Waals surface area contributed by atoms with Crippen molar-refractivity contribution in [3.05, 3.63) is 52.0 Å². The number of ether oxygens (including phenoxy) is 1. The molecule has 0 saturated carbocycles. The first kappa shape index (κ1) is 17.9. The molecule has 1 aliphatic rings. The lowest BCUT2D eigenvalue weighted by atomic mass is 9.88. The molecule has 3 rings (SSSR count). The Hall–Kier alpha value is -1.92. The number of carboxylic acid groups (broad SMARTS) is 1. The van der Waals surface area contributed by atoms with Gasteiger partial charge in [0.1, 0.15) is 11.7 Å². The fourth-order valence-electron chi connectivity index (χ4n) is 2.85. The molecule has 2 atom stereocenters. The molecule has 0 aliphatic carbocycles. The number of aliphatic carboxylic acids is 1. The first-order valence-electron chi connectivity index (χ1n) is 7.21. The first-order valence-corrected chi connectivity index (χ1v) is 7.97. The summed E-state index contributed by atoms with van der Waals surface area (Å²) < 4.78 is 45.0. The molecule has 1 aliphatic heterocycles. The highest BCUT2D eigenvalue weighted by Gasteiger charge is 2.52. The van der Waals surface area contributed by atoms with E-state index >= 15 is 0 Å². The highest BCUT2D eigenvalue weighted by Crippen LogP contribution is 2.45. The van der Waals surface area contributed by atoms with Gasteiger partial charge in [-0.2, -0.15) is 13.2 Å². The fraction of sp³-hybridized carbons (Fsp3) is 0.235. The molecule has 0 fully saturated rings. The molecule has 1 N–H and O–H groups in total. The Kier molecular flexibility index (Phi) is 4.60. The van der Waals surface area contributed by atoms with Crippen LogP contribution < -0.4 is 4.74 Å². The van der Waals surface area contributed by atoms with Crippen LogP contribution in [0.1, 0.15) is 5.56 Å². The van der Waals surface area contributed by atoms with E-state index in [1.165, 1.54) is 12.1 Å². The molecule has 0 bridgehead atoms. The topological polar surface area (TPSA) is 46.5 Å². The summed E-state index contributed by atoms with van der Waals surface area (Å²) in [6.45, 7) is 0. The van der Waals surface area contributed by atoms with E-state index in [1.54, 1.807) is 24.3 Å². The van der Waals surface area contributed by atoms with Crippen molar-refractivity contribution in [2.45, 2.75) is 18.7 Å². The minimum atomic E-state index is -4.81. The maximum Gasteiger partial charge on any atom is 0.426 e. The lowest BCUT2D eigenvalue weighted by Gasteiger charge is -2.33. The highest BCUT2D eigenvalue weighted by molar-refractivity contribution is 6.31. The van der Waals surface area contributed by atoms with Crippen LogP contribution in [-0.2, 0) is 11.2 Å². The zero-order chi connectivity index (χ0) is 18.4. The van der Waals surface area contributed by atoms with Gasteiger partial charge in [-0.25, -0.2) is 0 Å². The Morgan fingerprint density at radius 3 is 2.32 bits per heavy atom. The lowest BCUT2D eigenvalue weighted by Crippen LogP contribution is -2.47. The van der Waals surface area contributed by atoms with E-state index in [0.29, 0.717) is 21.7 Å². The van der Waals surface area contributed by atoms with Crippen molar-refractivity contribution in [2.24, 2.45) is 5.92 Å². The molecule has 132 valence electrons. The van der Waals surface area contributed by atoms with Crippen molar-refractivity contribution >= 4 is 29.2 Å². The molecule has 0 aromatic heterocycles. The van der Waals surface area contributed by atoms with Gasteiger partial charge >= 0.3 is 12.1 Å². The largest absolute Gasteiger partial charge is 0.481 e. The van der Waals surface area contributed by atoms with Gasteiger partial charge in [-0.1, -0.05) is 35.3 Å². The highest BCUT2D eigenvalue weighted by atomic mass is 35.5. The monoisotopic (exact) mass is 390 g/mol. The van der Waals surface area contributed by atoms with Crippen LogP contribution in [0.4, 0.5) is 13.2 Å². The van der Waals surface area contributed by atoms with Crippen molar-refractivity contribution in [3.8, 4) is 16.9 Å². The quantitative estimate of drug-likeness (QED) is 0.763. The second-order valence-corrected chi connectivity index (χ2v) is 6.55. The Morgan fingerprint density at radius 1 is 1.12 bits per heavy atom. The third-order valence-corrected chi connectivity index (χ3v) is 4.45. The van der Waals surface area contributed by atoms with Gasteiger partial charge in [-0.05, 0) is 41.8 Å². The summed E-state index contributed by atoms with van der Waals surface area (Å²) in [5, 5.41) is 9.91. The zero-order valence-corrected chi connectivity index (χ0v) is 14.0. The Balaban J connectivity index is 2.14. The van der Waals surface area contributed by atoms with Crippen molar-refractivity contribution < 1.29 is 27.8 Å². The smallest absolute Gasteiger partial charge is 0.426 e. The van der Waals surface area contributed by atoms with Crippen LogP contribution in [0, 0.1) is 5.92 Å². The zero-order valence-electron chi connectivity index (χ0n) is 12.5. The third-order valence-electron chi connectivity index (χ3n) is 3.98. The van der Waals surface area contributed by atoms with Crippen molar-refractivity contribution in [3.63, 3.8) is 0 Å². The Labute approximate surface area is 150 Å². The second kappa shape index (κ2) is 6.42. The van der Waals surface area contributed by atoms with E-state index < -0.39 is 24.2 Å². The van der Waals surface area contributed by atoms with E-state index in [1.807, 2.05) is 0 Å². The summed E-state index contributed by atoms with van der Waals surface area (Å²) in [7, 11) is 0. The molecular formula is C17H11Cl2F3O3. The van der Waals surface area contributed by atoms with Crippen molar-refractivity contribution in [2.75, 3.05) is 0 Å². The van der Waals surface area contributed by atoms with Gasteiger partial charge in [0.2, 0.25) is 6.10 Å². The minimum absolute atomic E-state index is 0.00783. The summed E-state index contributed by atoms with van der Waals surface area (Å²) in [4.78, 5) is 11.3. The number of halogens is 5. The van der Waals surface area contributed by atoms with Gasteiger partial charge < -0.3 is 9.84 Å². The number of fused-ring (bicyclic) bond motifs is 1. The van der Waals surface area contributed by atoms with E-state index in [4.69, 9.17) is 33.0 Å². The molecule has 3 nitrogen and oxygen atoms in total. The van der Waals surface area contributed by atoms with Crippen LogP contribution in [-0.4, -0.2) is 23.4 Å². The molecule has 8 heteroatoms. The lowest BCUT2D eigenvalue weighted by molar-refractivity contribution is -0.217. The first-order chi connectivity index (χ1) is 11.7. The molecule has 0 radical (unpaired) electrons. The standard InChI is InChI=1S/C17H11Cl2F3O3/c18-10-3-1-8(2-4-10)12-7-11(19)5-9-6-13(16(23)24)15(17(20,21)22)25-14(9)12/h1-5,7,13,15H,6H2,(H,23,24). The van der Waals surface area contributed by atoms with E-state index in [9.17, 15) is 18.0 Å². The average Bonchev–Trinajstić information content (AvgIpc) is 2.52. The molecule has 0 spiro atoms. The predicted octanol–water partition coefficient (Wildman–Crippen LogP) is 5.23. The number of hydrogen-bond donors (Lipinski definition) is 1. The molecule has 2 aromatic carbocycles. The molecule has 0 amide bonds. The summed E-state index contributed by atoms with van der Waals surface area (Å²) in [5.74, 6) is -3.31. The SMILES string of the molecule is O=C(O)C1Cc2cc(Cl)cc(-c3ccc(Cl)cc3)c2OC1C(F)(F)F. The van der Waals surface area contributed by atoms with Gasteiger partial charge in [-0.3, -0.25) is 4.79 Å². The van der Waals surface area contributed by atoms with Crippen LogP contribution in [0.5, 0.6) is 5.75 Å². The molecule has 0 saturated heterocycles. The number of rotatable bonds is 2. The van der Waals surface area contributed by atoms with E-state index in [0.717, 1.165) is 0 Å². The number of alkyl halides is 3. The second-order valence-electron chi connectivity index (χ2n) is 5.68. The van der Waals surface area contributed by atoms with Crippen LogP contribution in [0.25, 0.3) is 11.1 Å². The Bertz CT molecular complexity index is 819. The number of benzene rings is 2. The minimum Gasteiger partial charge on any atom is -0.481 e. The van der Waals surface area contributed by atoms with Crippen LogP contribution in [0.2, 0.25) is 10.0 Å². The molecule has 25 heavy (non-hydrogen) atoms. The molecule has 1 heterocycles. The van der Waals surface area contributed by atoms with Gasteiger partial charge in [0, 0.05) is 15.6 Å². The van der Waals surface area contributed by atoms with Crippen LogP contribution in [0.3, 0.4) is 0 Å². The summed E-state index contributed by atoms with van der Waals surface area (Å²) in [6.07, 6.45) is -7.56. The number of carbonyl (C=O) groups is 1.